The number of benzene rings is 1. The van der Waals surface area contributed by atoms with E-state index in [1.165, 1.54) is 0 Å². The lowest BCUT2D eigenvalue weighted by molar-refractivity contribution is -0.165. The molecule has 1 saturated heterocycles. The SMILES string of the molecule is CC1(C)[C@]2(C)CC[C@]1(C(=O)Nc1cccc3cccnc13)OC2=O. The minimum absolute atomic E-state index is 0.264. The second kappa shape index (κ2) is 4.56. The Morgan fingerprint density at radius 3 is 2.58 bits per heavy atom. The van der Waals surface area contributed by atoms with Crippen LogP contribution < -0.4 is 5.32 Å². The van der Waals surface area contributed by atoms with Gasteiger partial charge in [-0.1, -0.05) is 32.0 Å². The molecule has 1 aliphatic heterocycles. The van der Waals surface area contributed by atoms with Crippen LogP contribution in [-0.2, 0) is 14.3 Å². The van der Waals surface area contributed by atoms with Gasteiger partial charge in [0.25, 0.3) is 5.91 Å². The van der Waals surface area contributed by atoms with Crippen molar-refractivity contribution < 1.29 is 14.3 Å². The number of hydrogen-bond acceptors (Lipinski definition) is 4. The van der Waals surface area contributed by atoms with Gasteiger partial charge in [0.15, 0.2) is 5.60 Å². The smallest absolute Gasteiger partial charge is 0.313 e. The molecular weight excluding hydrogens is 304 g/mol. The van der Waals surface area contributed by atoms with Gasteiger partial charge in [-0.05, 0) is 31.9 Å². The zero-order valence-electron chi connectivity index (χ0n) is 14.1. The van der Waals surface area contributed by atoms with Crippen LogP contribution in [0.25, 0.3) is 10.9 Å². The predicted molar refractivity (Wildman–Crippen MR) is 90.3 cm³/mol. The molecule has 2 atom stereocenters. The highest BCUT2D eigenvalue weighted by Crippen LogP contribution is 2.65. The lowest BCUT2D eigenvalue weighted by atomic mass is 9.66. The summed E-state index contributed by atoms with van der Waals surface area (Å²) < 4.78 is 5.64. The van der Waals surface area contributed by atoms with Crippen molar-refractivity contribution in [1.29, 1.82) is 0 Å². The van der Waals surface area contributed by atoms with E-state index in [0.717, 1.165) is 10.9 Å². The van der Waals surface area contributed by atoms with Crippen molar-refractivity contribution in [1.82, 2.24) is 4.98 Å². The van der Waals surface area contributed by atoms with Crippen molar-refractivity contribution >= 4 is 28.5 Å². The van der Waals surface area contributed by atoms with Gasteiger partial charge in [-0.25, -0.2) is 0 Å². The van der Waals surface area contributed by atoms with Gasteiger partial charge in [-0.15, -0.1) is 0 Å². The van der Waals surface area contributed by atoms with Gasteiger partial charge < -0.3 is 10.1 Å². The molecule has 2 bridgehead atoms. The zero-order chi connectivity index (χ0) is 17.2. The summed E-state index contributed by atoms with van der Waals surface area (Å²) in [6, 6.07) is 9.45. The molecule has 2 fully saturated rings. The molecule has 0 unspecified atom stereocenters. The van der Waals surface area contributed by atoms with Crippen LogP contribution in [0, 0.1) is 10.8 Å². The normalized spacial score (nSPS) is 30.4. The largest absolute Gasteiger partial charge is 0.448 e. The average molecular weight is 324 g/mol. The minimum atomic E-state index is -1.12. The van der Waals surface area contributed by atoms with Crippen LogP contribution in [0.15, 0.2) is 36.5 Å². The maximum absolute atomic E-state index is 13.1. The van der Waals surface area contributed by atoms with Gasteiger partial charge >= 0.3 is 5.97 Å². The fourth-order valence-corrected chi connectivity index (χ4v) is 4.18. The number of esters is 1. The number of ether oxygens (including phenoxy) is 1. The fourth-order valence-electron chi connectivity index (χ4n) is 4.18. The Kier molecular flexibility index (Phi) is 2.87. The van der Waals surface area contributed by atoms with E-state index in [1.54, 1.807) is 6.20 Å². The van der Waals surface area contributed by atoms with Gasteiger partial charge in [0.05, 0.1) is 16.6 Å². The van der Waals surface area contributed by atoms with Crippen LogP contribution in [0.5, 0.6) is 0 Å². The number of aromatic nitrogens is 1. The monoisotopic (exact) mass is 324 g/mol. The van der Waals surface area contributed by atoms with Crippen LogP contribution >= 0.6 is 0 Å². The number of para-hydroxylation sites is 1. The van der Waals surface area contributed by atoms with Gasteiger partial charge in [-0.2, -0.15) is 0 Å². The van der Waals surface area contributed by atoms with Crippen LogP contribution in [-0.4, -0.2) is 22.5 Å². The number of nitrogens with one attached hydrogen (secondary N) is 1. The number of amides is 1. The third kappa shape index (κ3) is 1.62. The fraction of sp³-hybridized carbons (Fsp3) is 0.421. The first-order chi connectivity index (χ1) is 11.3. The first kappa shape index (κ1) is 15.1. The number of carbonyl (C=O) groups excluding carboxylic acids is 2. The third-order valence-electron chi connectivity index (χ3n) is 6.33. The summed E-state index contributed by atoms with van der Waals surface area (Å²) in [6.45, 7) is 5.80. The van der Waals surface area contributed by atoms with Crippen LogP contribution in [0.1, 0.15) is 33.6 Å². The number of anilines is 1. The Labute approximate surface area is 140 Å². The second-order valence-corrected chi connectivity index (χ2v) is 7.51. The average Bonchev–Trinajstić information content (AvgIpc) is 2.85. The van der Waals surface area contributed by atoms with E-state index >= 15 is 0 Å². The molecule has 4 rings (SSSR count). The number of fused-ring (bicyclic) bond motifs is 3. The molecule has 1 saturated carbocycles. The van der Waals surface area contributed by atoms with E-state index in [-0.39, 0.29) is 11.9 Å². The predicted octanol–water partition coefficient (Wildman–Crippen LogP) is 3.30. The van der Waals surface area contributed by atoms with Crippen LogP contribution in [0.3, 0.4) is 0 Å². The maximum atomic E-state index is 13.1. The first-order valence-corrected chi connectivity index (χ1v) is 8.20. The first-order valence-electron chi connectivity index (χ1n) is 8.20. The minimum Gasteiger partial charge on any atom is -0.448 e. The molecule has 24 heavy (non-hydrogen) atoms. The lowest BCUT2D eigenvalue weighted by Gasteiger charge is -2.35. The standard InChI is InChI=1S/C19H20N2O3/c1-17(2)18(3)9-10-19(17,24-16(18)23)15(22)21-13-8-4-6-12-7-5-11-20-14(12)13/h4-8,11H,9-10H2,1-3H3,(H,21,22)/t18-,19-/m1/s1. The summed E-state index contributed by atoms with van der Waals surface area (Å²) in [6.07, 6.45) is 2.91. The summed E-state index contributed by atoms with van der Waals surface area (Å²) in [7, 11) is 0. The lowest BCUT2D eigenvalue weighted by Crippen LogP contribution is -2.50. The summed E-state index contributed by atoms with van der Waals surface area (Å²) >= 11 is 0. The molecule has 2 aliphatic rings. The number of pyridine rings is 1. The molecule has 2 aromatic rings. The molecule has 2 heterocycles. The van der Waals surface area contributed by atoms with E-state index in [4.69, 9.17) is 4.74 Å². The maximum Gasteiger partial charge on any atom is 0.313 e. The number of carbonyl (C=O) groups is 2. The second-order valence-electron chi connectivity index (χ2n) is 7.51. The van der Waals surface area contributed by atoms with Crippen molar-refractivity contribution in [3.8, 4) is 0 Å². The third-order valence-corrected chi connectivity index (χ3v) is 6.33. The van der Waals surface area contributed by atoms with Gasteiger partial charge in [-0.3, -0.25) is 14.6 Å². The Hall–Kier alpha value is -2.43. The molecule has 5 nitrogen and oxygen atoms in total. The highest BCUT2D eigenvalue weighted by Gasteiger charge is 2.75. The number of rotatable bonds is 2. The molecule has 1 aromatic carbocycles. The molecule has 1 amide bonds. The van der Waals surface area contributed by atoms with E-state index in [2.05, 4.69) is 10.3 Å². The molecule has 5 heteroatoms. The summed E-state index contributed by atoms with van der Waals surface area (Å²) in [5.41, 5.74) is -0.913. The highest BCUT2D eigenvalue weighted by molar-refractivity contribution is 6.07. The van der Waals surface area contributed by atoms with Crippen LogP contribution in [0.2, 0.25) is 0 Å². The van der Waals surface area contributed by atoms with E-state index in [1.807, 2.05) is 51.1 Å². The number of nitrogens with zero attached hydrogens (tertiary/aromatic N) is 1. The Bertz CT molecular complexity index is 871. The summed E-state index contributed by atoms with van der Waals surface area (Å²) in [5, 5.41) is 3.91. The molecule has 0 radical (unpaired) electrons. The van der Waals surface area contributed by atoms with E-state index in [9.17, 15) is 9.59 Å². The molecule has 124 valence electrons. The topological polar surface area (TPSA) is 68.3 Å². The van der Waals surface area contributed by atoms with Crippen molar-refractivity contribution in [3.05, 3.63) is 36.5 Å². The Morgan fingerprint density at radius 1 is 1.17 bits per heavy atom. The Balaban J connectivity index is 1.74. The summed E-state index contributed by atoms with van der Waals surface area (Å²) in [4.78, 5) is 29.8. The zero-order valence-corrected chi connectivity index (χ0v) is 14.1. The quantitative estimate of drug-likeness (QED) is 0.861. The molecule has 1 aromatic heterocycles. The Morgan fingerprint density at radius 2 is 1.92 bits per heavy atom. The van der Waals surface area contributed by atoms with Crippen molar-refractivity contribution in [2.75, 3.05) is 5.32 Å². The molecular formula is C19H20N2O3. The van der Waals surface area contributed by atoms with Crippen molar-refractivity contribution in [2.24, 2.45) is 10.8 Å². The van der Waals surface area contributed by atoms with E-state index < -0.39 is 16.4 Å². The van der Waals surface area contributed by atoms with Crippen LogP contribution in [0.4, 0.5) is 5.69 Å². The highest BCUT2D eigenvalue weighted by atomic mass is 16.6. The molecule has 0 spiro atoms. The van der Waals surface area contributed by atoms with E-state index in [0.29, 0.717) is 18.5 Å². The number of hydrogen-bond donors (Lipinski definition) is 1. The molecule has 1 N–H and O–H groups in total. The van der Waals surface area contributed by atoms with Crippen molar-refractivity contribution in [2.45, 2.75) is 39.2 Å². The van der Waals surface area contributed by atoms with Gasteiger partial charge in [0, 0.05) is 17.0 Å². The van der Waals surface area contributed by atoms with Crippen molar-refractivity contribution in [3.63, 3.8) is 0 Å². The van der Waals surface area contributed by atoms with Gasteiger partial charge in [0.2, 0.25) is 0 Å². The molecule has 1 aliphatic carbocycles. The summed E-state index contributed by atoms with van der Waals surface area (Å²) in [5.74, 6) is -0.537. The van der Waals surface area contributed by atoms with Gasteiger partial charge in [0.1, 0.15) is 0 Å².